The Balaban J connectivity index is 1.54. The van der Waals surface area contributed by atoms with E-state index in [1.54, 1.807) is 7.11 Å². The molecule has 2 N–H and O–H groups in total. The fraction of sp³-hybridized carbons (Fsp3) is 0.143. The average Bonchev–Trinajstić information content (AvgIpc) is 3.40. The Morgan fingerprint density at radius 1 is 1.06 bits per heavy atom. The number of ether oxygens (including phenoxy) is 1. The smallest absolute Gasteiger partial charge is 0.295 e. The molecule has 0 spiro atoms. The second kappa shape index (κ2) is 9.10. The highest BCUT2D eigenvalue weighted by atomic mass is 19.1. The predicted octanol–water partition coefficient (Wildman–Crippen LogP) is 4.98. The van der Waals surface area contributed by atoms with E-state index >= 15 is 0 Å². The number of amides is 1. The summed E-state index contributed by atoms with van der Waals surface area (Å²) < 4.78 is 18.8. The van der Waals surface area contributed by atoms with Gasteiger partial charge in [0.1, 0.15) is 17.3 Å². The molecular formula is C28H23FN2O4. The number of aliphatic hydroxyl groups is 1. The average molecular weight is 471 g/mol. The van der Waals surface area contributed by atoms with Crippen molar-refractivity contribution in [3.8, 4) is 5.75 Å². The van der Waals surface area contributed by atoms with E-state index in [-0.39, 0.29) is 23.4 Å². The maximum Gasteiger partial charge on any atom is 0.295 e. The molecule has 6 nitrogen and oxygen atoms in total. The molecule has 0 saturated carbocycles. The topological polar surface area (TPSA) is 82.6 Å². The van der Waals surface area contributed by atoms with Crippen LogP contribution in [-0.4, -0.2) is 40.3 Å². The molecule has 0 aliphatic carbocycles. The summed E-state index contributed by atoms with van der Waals surface area (Å²) in [5.41, 5.74) is 2.89. The fourth-order valence-electron chi connectivity index (χ4n) is 4.59. The van der Waals surface area contributed by atoms with Crippen molar-refractivity contribution in [3.05, 3.63) is 107 Å². The third-order valence-corrected chi connectivity index (χ3v) is 6.37. The van der Waals surface area contributed by atoms with E-state index < -0.39 is 23.5 Å². The number of hydrogen-bond acceptors (Lipinski definition) is 4. The van der Waals surface area contributed by atoms with E-state index in [0.717, 1.165) is 22.2 Å². The Morgan fingerprint density at radius 3 is 2.51 bits per heavy atom. The minimum Gasteiger partial charge on any atom is -0.507 e. The van der Waals surface area contributed by atoms with Gasteiger partial charge in [0.25, 0.3) is 11.7 Å². The Hall–Kier alpha value is -4.39. The van der Waals surface area contributed by atoms with Crippen molar-refractivity contribution in [1.29, 1.82) is 0 Å². The van der Waals surface area contributed by atoms with E-state index in [4.69, 9.17) is 4.74 Å². The van der Waals surface area contributed by atoms with Crippen LogP contribution in [-0.2, 0) is 16.0 Å². The summed E-state index contributed by atoms with van der Waals surface area (Å²) in [7, 11) is 1.61. The fourth-order valence-corrected chi connectivity index (χ4v) is 4.59. The summed E-state index contributed by atoms with van der Waals surface area (Å²) in [6.45, 7) is 0.258. The van der Waals surface area contributed by atoms with Crippen LogP contribution in [0, 0.1) is 5.82 Å². The summed E-state index contributed by atoms with van der Waals surface area (Å²) in [6, 6.07) is 19.3. The molecule has 1 aliphatic rings. The Labute approximate surface area is 201 Å². The number of likely N-dealkylation sites (tertiary alicyclic amines) is 1. The molecule has 1 aliphatic heterocycles. The van der Waals surface area contributed by atoms with Crippen molar-refractivity contribution >= 4 is 28.4 Å². The van der Waals surface area contributed by atoms with Crippen LogP contribution in [0.4, 0.5) is 4.39 Å². The van der Waals surface area contributed by atoms with E-state index in [1.165, 1.54) is 29.2 Å². The van der Waals surface area contributed by atoms with Gasteiger partial charge in [0, 0.05) is 29.2 Å². The molecule has 35 heavy (non-hydrogen) atoms. The minimum atomic E-state index is -0.763. The molecular weight excluding hydrogens is 447 g/mol. The molecule has 0 bridgehead atoms. The number of aromatic nitrogens is 1. The third-order valence-electron chi connectivity index (χ3n) is 6.37. The second-order valence-corrected chi connectivity index (χ2v) is 8.39. The van der Waals surface area contributed by atoms with Crippen LogP contribution in [0.3, 0.4) is 0 Å². The molecule has 1 amide bonds. The lowest BCUT2D eigenvalue weighted by molar-refractivity contribution is -0.139. The van der Waals surface area contributed by atoms with Crippen molar-refractivity contribution in [1.82, 2.24) is 9.88 Å². The van der Waals surface area contributed by atoms with Crippen LogP contribution < -0.4 is 4.74 Å². The summed E-state index contributed by atoms with van der Waals surface area (Å²) in [6.07, 6.45) is 2.37. The number of nitrogens with one attached hydrogen (secondary N) is 1. The maximum absolute atomic E-state index is 13.4. The van der Waals surface area contributed by atoms with Gasteiger partial charge in [0.05, 0.1) is 18.7 Å². The number of carbonyl (C=O) groups is 2. The van der Waals surface area contributed by atoms with Crippen LogP contribution in [0.25, 0.3) is 16.7 Å². The molecule has 4 aromatic rings. The highest BCUT2D eigenvalue weighted by molar-refractivity contribution is 6.46. The lowest BCUT2D eigenvalue weighted by Gasteiger charge is -2.25. The van der Waals surface area contributed by atoms with Gasteiger partial charge in [0.15, 0.2) is 0 Å². The van der Waals surface area contributed by atoms with Gasteiger partial charge in [0.2, 0.25) is 0 Å². The largest absolute Gasteiger partial charge is 0.507 e. The number of aliphatic hydroxyl groups excluding tert-OH is 1. The second-order valence-electron chi connectivity index (χ2n) is 8.39. The van der Waals surface area contributed by atoms with Gasteiger partial charge < -0.3 is 19.7 Å². The number of Topliss-reactive ketones (excluding diaryl/α,β-unsaturated/α-hetero) is 1. The number of benzene rings is 3. The van der Waals surface area contributed by atoms with E-state index in [1.807, 2.05) is 54.7 Å². The van der Waals surface area contributed by atoms with Gasteiger partial charge in [-0.05, 0) is 60.0 Å². The van der Waals surface area contributed by atoms with Gasteiger partial charge >= 0.3 is 0 Å². The van der Waals surface area contributed by atoms with Gasteiger partial charge in [-0.3, -0.25) is 9.59 Å². The van der Waals surface area contributed by atoms with Crippen molar-refractivity contribution in [2.24, 2.45) is 0 Å². The number of rotatable bonds is 6. The zero-order valence-electron chi connectivity index (χ0n) is 19.0. The SMILES string of the molecule is COc1ccc2[nH]cc(CCN3C(=O)C(=O)C(=C(O)c4ccc(F)cc4)[C@@H]3c3ccccc3)c2c1. The summed E-state index contributed by atoms with van der Waals surface area (Å²) >= 11 is 0. The first kappa shape index (κ1) is 22.4. The van der Waals surface area contributed by atoms with Crippen molar-refractivity contribution in [3.63, 3.8) is 0 Å². The van der Waals surface area contributed by atoms with Crippen LogP contribution in [0.15, 0.2) is 84.6 Å². The summed E-state index contributed by atoms with van der Waals surface area (Å²) in [5.74, 6) is -1.50. The first-order chi connectivity index (χ1) is 17.0. The third kappa shape index (κ3) is 4.05. The first-order valence-electron chi connectivity index (χ1n) is 11.2. The van der Waals surface area contributed by atoms with Crippen LogP contribution in [0.1, 0.15) is 22.7 Å². The number of fused-ring (bicyclic) bond motifs is 1. The molecule has 0 radical (unpaired) electrons. The summed E-state index contributed by atoms with van der Waals surface area (Å²) in [5, 5.41) is 12.0. The monoisotopic (exact) mass is 470 g/mol. The molecule has 1 fully saturated rings. The standard InChI is InChI=1S/C28H23FN2O4/c1-35-21-11-12-23-22(15-21)19(16-30-23)13-14-31-25(17-5-3-2-4-6-17)24(27(33)28(31)34)26(32)18-7-9-20(29)10-8-18/h2-12,15-16,25,30,32H,13-14H2,1H3/t25-/m0/s1. The van der Waals surface area contributed by atoms with E-state index in [2.05, 4.69) is 4.98 Å². The highest BCUT2D eigenvalue weighted by Gasteiger charge is 2.45. The van der Waals surface area contributed by atoms with Crippen LogP contribution in [0.5, 0.6) is 5.75 Å². The quantitative estimate of drug-likeness (QED) is 0.237. The normalized spacial score (nSPS) is 17.3. The highest BCUT2D eigenvalue weighted by Crippen LogP contribution is 2.39. The Kier molecular flexibility index (Phi) is 5.82. The number of carbonyl (C=O) groups excluding carboxylic acids is 2. The molecule has 176 valence electrons. The number of halogens is 1. The first-order valence-corrected chi connectivity index (χ1v) is 11.2. The zero-order valence-corrected chi connectivity index (χ0v) is 19.0. The Bertz CT molecular complexity index is 1440. The number of ketones is 1. The van der Waals surface area contributed by atoms with Crippen LogP contribution >= 0.6 is 0 Å². The zero-order chi connectivity index (χ0) is 24.5. The molecule has 0 unspecified atom stereocenters. The molecule has 7 heteroatoms. The number of methoxy groups -OCH3 is 1. The van der Waals surface area contributed by atoms with Crippen molar-refractivity contribution in [2.75, 3.05) is 13.7 Å². The molecule has 1 aromatic heterocycles. The molecule has 5 rings (SSSR count). The number of aromatic amines is 1. The predicted molar refractivity (Wildman–Crippen MR) is 130 cm³/mol. The summed E-state index contributed by atoms with van der Waals surface area (Å²) in [4.78, 5) is 31.0. The lowest BCUT2D eigenvalue weighted by atomic mass is 9.95. The van der Waals surface area contributed by atoms with Gasteiger partial charge in [-0.1, -0.05) is 30.3 Å². The number of hydrogen-bond donors (Lipinski definition) is 2. The van der Waals surface area contributed by atoms with Gasteiger partial charge in [-0.15, -0.1) is 0 Å². The van der Waals surface area contributed by atoms with Gasteiger partial charge in [-0.25, -0.2) is 4.39 Å². The van der Waals surface area contributed by atoms with Crippen molar-refractivity contribution < 1.29 is 23.8 Å². The molecule has 1 saturated heterocycles. The molecule has 1 atom stereocenters. The maximum atomic E-state index is 13.4. The Morgan fingerprint density at radius 2 is 1.80 bits per heavy atom. The number of nitrogens with zero attached hydrogens (tertiary/aromatic N) is 1. The van der Waals surface area contributed by atoms with E-state index in [0.29, 0.717) is 12.0 Å². The lowest BCUT2D eigenvalue weighted by Crippen LogP contribution is -2.31. The van der Waals surface area contributed by atoms with E-state index in [9.17, 15) is 19.1 Å². The minimum absolute atomic E-state index is 0.00611. The van der Waals surface area contributed by atoms with Crippen molar-refractivity contribution in [2.45, 2.75) is 12.5 Å². The number of H-pyrrole nitrogens is 1. The molecule has 2 heterocycles. The van der Waals surface area contributed by atoms with Gasteiger partial charge in [-0.2, -0.15) is 0 Å². The van der Waals surface area contributed by atoms with Crippen LogP contribution in [0.2, 0.25) is 0 Å². The molecule has 3 aromatic carbocycles.